The monoisotopic (exact) mass is 534 g/mol. The van der Waals surface area contributed by atoms with Crippen LogP contribution >= 0.6 is 28.3 Å². The summed E-state index contributed by atoms with van der Waals surface area (Å²) in [5, 5.41) is 45.8. The van der Waals surface area contributed by atoms with Crippen LogP contribution in [0.5, 0.6) is 17.2 Å². The molecule has 2 aliphatic carbocycles. The Hall–Kier alpha value is -2.99. The number of ether oxygens (including phenoxy) is 1. The zero-order chi connectivity index (χ0) is 22.9. The molecular weight excluding hydrogens is 516 g/mol. The number of rotatable bonds is 2. The molecule has 0 amide bonds. The van der Waals surface area contributed by atoms with Gasteiger partial charge in [0.05, 0.1) is 35.6 Å². The summed E-state index contributed by atoms with van der Waals surface area (Å²) in [7, 11) is 1.35. The van der Waals surface area contributed by atoms with Gasteiger partial charge in [0.1, 0.15) is 22.8 Å². The van der Waals surface area contributed by atoms with Crippen molar-refractivity contribution < 1.29 is 34.8 Å². The molecule has 6 N–H and O–H groups in total. The first kappa shape index (κ1) is 23.2. The van der Waals surface area contributed by atoms with Crippen molar-refractivity contribution in [2.24, 2.45) is 0 Å². The van der Waals surface area contributed by atoms with E-state index in [1.165, 1.54) is 25.3 Å². The molecule has 5 rings (SSSR count). The summed E-state index contributed by atoms with van der Waals surface area (Å²) in [6.45, 7) is 0. The first-order valence-electron chi connectivity index (χ1n) is 9.67. The van der Waals surface area contributed by atoms with Gasteiger partial charge in [-0.2, -0.15) is 0 Å². The van der Waals surface area contributed by atoms with Crippen LogP contribution in [0.4, 0.5) is 5.13 Å². The molecular formula is C22H19BrN2O7S. The Balaban J connectivity index is 0.00000259. The molecule has 1 aromatic heterocycles. The number of aromatic hydroxyl groups is 2. The Kier molecular flexibility index (Phi) is 5.48. The van der Waals surface area contributed by atoms with Gasteiger partial charge < -0.3 is 30.9 Å². The van der Waals surface area contributed by atoms with Crippen LogP contribution in [0.25, 0.3) is 0 Å². The Labute approximate surface area is 201 Å². The zero-order valence-electron chi connectivity index (χ0n) is 17.2. The Bertz CT molecular complexity index is 1340. The highest BCUT2D eigenvalue weighted by molar-refractivity contribution is 8.93. The van der Waals surface area contributed by atoms with Crippen LogP contribution in [-0.2, 0) is 12.0 Å². The molecule has 11 heteroatoms. The molecule has 2 aliphatic rings. The maximum Gasteiger partial charge on any atom is 0.202 e. The zero-order valence-corrected chi connectivity index (χ0v) is 19.7. The van der Waals surface area contributed by atoms with E-state index in [4.69, 9.17) is 10.5 Å². The number of halogens is 1. The fraction of sp³-hybridized carbons (Fsp3) is 0.227. The van der Waals surface area contributed by atoms with Gasteiger partial charge in [-0.05, 0) is 6.07 Å². The standard InChI is InChI=1S/C22H18N2O7S.BrH/c1-31-11-4-2-3-8-14(11)20(29)16-15(17(8)26)18(27)9-5-22(30,12-7-32-21(23)24-12)6-10(25)13(9)19(16)28;/h2-4,7,10,25,27-28,30H,5-6H2,1H3,(H2,23,24);1H. The summed E-state index contributed by atoms with van der Waals surface area (Å²) in [4.78, 5) is 30.6. The molecule has 0 saturated carbocycles. The number of phenolic OH excluding ortho intramolecular Hbond substituents is 2. The molecule has 0 aliphatic heterocycles. The number of carbonyl (C=O) groups excluding carboxylic acids is 2. The molecule has 172 valence electrons. The van der Waals surface area contributed by atoms with Gasteiger partial charge in [0.15, 0.2) is 10.9 Å². The van der Waals surface area contributed by atoms with E-state index < -0.39 is 40.3 Å². The summed E-state index contributed by atoms with van der Waals surface area (Å²) in [5.41, 5.74) is 3.28. The van der Waals surface area contributed by atoms with Crippen LogP contribution in [-0.4, -0.2) is 44.1 Å². The maximum atomic E-state index is 13.3. The van der Waals surface area contributed by atoms with Gasteiger partial charge in [-0.1, -0.05) is 12.1 Å². The number of methoxy groups -OCH3 is 1. The van der Waals surface area contributed by atoms with Crippen molar-refractivity contribution in [1.82, 2.24) is 4.98 Å². The number of anilines is 1. The van der Waals surface area contributed by atoms with Gasteiger partial charge in [-0.25, -0.2) is 4.98 Å². The molecule has 9 nitrogen and oxygen atoms in total. The van der Waals surface area contributed by atoms with Gasteiger partial charge in [0.25, 0.3) is 0 Å². The molecule has 0 bridgehead atoms. The van der Waals surface area contributed by atoms with E-state index in [1.807, 2.05) is 0 Å². The van der Waals surface area contributed by atoms with E-state index >= 15 is 0 Å². The first-order chi connectivity index (χ1) is 15.2. The third kappa shape index (κ3) is 3.15. The minimum Gasteiger partial charge on any atom is -0.507 e. The number of ketones is 2. The number of nitrogen functional groups attached to an aromatic ring is 1. The third-order valence-electron chi connectivity index (χ3n) is 6.09. The predicted molar refractivity (Wildman–Crippen MR) is 124 cm³/mol. The number of fused-ring (bicyclic) bond motifs is 3. The second-order valence-corrected chi connectivity index (χ2v) is 8.77. The summed E-state index contributed by atoms with van der Waals surface area (Å²) in [6.07, 6.45) is -1.94. The number of aliphatic hydroxyl groups excluding tert-OH is 1. The van der Waals surface area contributed by atoms with Crippen molar-refractivity contribution in [3.63, 3.8) is 0 Å². The maximum absolute atomic E-state index is 13.3. The Morgan fingerprint density at radius 1 is 1.15 bits per heavy atom. The summed E-state index contributed by atoms with van der Waals surface area (Å²) in [5.74, 6) is -2.40. The second-order valence-electron chi connectivity index (χ2n) is 7.88. The lowest BCUT2D eigenvalue weighted by Crippen LogP contribution is -2.36. The summed E-state index contributed by atoms with van der Waals surface area (Å²) in [6, 6.07) is 4.48. The summed E-state index contributed by atoms with van der Waals surface area (Å²) < 4.78 is 5.21. The number of thiazole rings is 1. The van der Waals surface area contributed by atoms with E-state index in [0.29, 0.717) is 0 Å². The highest BCUT2D eigenvalue weighted by atomic mass is 79.9. The average molecular weight is 535 g/mol. The van der Waals surface area contributed by atoms with E-state index in [-0.39, 0.29) is 74.2 Å². The lowest BCUT2D eigenvalue weighted by molar-refractivity contribution is -0.0307. The molecule has 2 unspecified atom stereocenters. The minimum absolute atomic E-state index is 0. The fourth-order valence-electron chi connectivity index (χ4n) is 4.64. The molecule has 2 atom stereocenters. The third-order valence-corrected chi connectivity index (χ3v) is 6.77. The van der Waals surface area contributed by atoms with Crippen LogP contribution in [0.15, 0.2) is 23.6 Å². The largest absolute Gasteiger partial charge is 0.507 e. The number of nitrogens with two attached hydrogens (primary N) is 1. The summed E-state index contributed by atoms with van der Waals surface area (Å²) >= 11 is 1.11. The van der Waals surface area contributed by atoms with E-state index in [0.717, 1.165) is 11.3 Å². The topological polar surface area (TPSA) is 163 Å². The number of benzene rings is 2. The van der Waals surface area contributed by atoms with Crippen LogP contribution in [0, 0.1) is 0 Å². The number of aliphatic hydroxyl groups is 2. The van der Waals surface area contributed by atoms with Gasteiger partial charge in [0, 0.05) is 34.9 Å². The molecule has 33 heavy (non-hydrogen) atoms. The Morgan fingerprint density at radius 2 is 1.85 bits per heavy atom. The molecule has 0 fully saturated rings. The number of nitrogens with zero attached hydrogens (tertiary/aromatic N) is 1. The van der Waals surface area contributed by atoms with Crippen LogP contribution in [0.1, 0.15) is 61.2 Å². The number of phenols is 2. The minimum atomic E-state index is -1.69. The van der Waals surface area contributed by atoms with Crippen molar-refractivity contribution in [1.29, 1.82) is 0 Å². The van der Waals surface area contributed by atoms with E-state index in [9.17, 15) is 30.0 Å². The molecule has 0 saturated heterocycles. The SMILES string of the molecule is Br.COc1cccc2c1C(=O)c1c(O)c3c(c(O)c1C2=O)CC(O)(c1csc(N)n1)CC3O. The molecule has 0 radical (unpaired) electrons. The number of hydrogen-bond acceptors (Lipinski definition) is 10. The van der Waals surface area contributed by atoms with E-state index in [2.05, 4.69) is 4.98 Å². The lowest BCUT2D eigenvalue weighted by atomic mass is 9.72. The van der Waals surface area contributed by atoms with Gasteiger partial charge in [0.2, 0.25) is 5.78 Å². The van der Waals surface area contributed by atoms with Crippen molar-refractivity contribution in [3.8, 4) is 17.2 Å². The highest BCUT2D eigenvalue weighted by Crippen LogP contribution is 2.52. The normalized spacial score (nSPS) is 21.0. The van der Waals surface area contributed by atoms with Crippen LogP contribution in [0.3, 0.4) is 0 Å². The van der Waals surface area contributed by atoms with Gasteiger partial charge >= 0.3 is 0 Å². The van der Waals surface area contributed by atoms with Gasteiger partial charge in [-0.3, -0.25) is 9.59 Å². The molecule has 0 spiro atoms. The van der Waals surface area contributed by atoms with E-state index in [1.54, 1.807) is 5.38 Å². The van der Waals surface area contributed by atoms with Crippen molar-refractivity contribution in [3.05, 3.63) is 62.7 Å². The van der Waals surface area contributed by atoms with Crippen molar-refractivity contribution in [2.75, 3.05) is 12.8 Å². The van der Waals surface area contributed by atoms with Gasteiger partial charge in [-0.15, -0.1) is 28.3 Å². The predicted octanol–water partition coefficient (Wildman–Crippen LogP) is 2.37. The highest BCUT2D eigenvalue weighted by Gasteiger charge is 2.47. The van der Waals surface area contributed by atoms with Crippen molar-refractivity contribution in [2.45, 2.75) is 24.5 Å². The fourth-order valence-corrected chi connectivity index (χ4v) is 5.30. The number of hydrogen-bond donors (Lipinski definition) is 5. The second kappa shape index (κ2) is 7.80. The Morgan fingerprint density at radius 3 is 2.48 bits per heavy atom. The van der Waals surface area contributed by atoms with Crippen molar-refractivity contribution >= 4 is 45.0 Å². The smallest absolute Gasteiger partial charge is 0.202 e. The molecule has 2 aromatic carbocycles. The lowest BCUT2D eigenvalue weighted by Gasteiger charge is -2.37. The molecule has 3 aromatic rings. The number of aromatic nitrogens is 1. The first-order valence-corrected chi connectivity index (χ1v) is 10.5. The quantitative estimate of drug-likeness (QED) is 0.243. The van der Waals surface area contributed by atoms with Crippen LogP contribution in [0.2, 0.25) is 0 Å². The number of carbonyl (C=O) groups is 2. The van der Waals surface area contributed by atoms with Crippen LogP contribution < -0.4 is 10.5 Å². The molecule has 1 heterocycles. The average Bonchev–Trinajstić information content (AvgIpc) is 3.20.